The predicted molar refractivity (Wildman–Crippen MR) is 89.5 cm³/mol. The van der Waals surface area contributed by atoms with Crippen LogP contribution in [0, 0.1) is 0 Å². The number of nitrogens with zero attached hydrogens (tertiary/aromatic N) is 5. The van der Waals surface area contributed by atoms with Gasteiger partial charge in [-0.2, -0.15) is 0 Å². The van der Waals surface area contributed by atoms with Crippen molar-refractivity contribution in [1.29, 1.82) is 0 Å². The van der Waals surface area contributed by atoms with Crippen molar-refractivity contribution in [3.8, 4) is 5.69 Å². The summed E-state index contributed by atoms with van der Waals surface area (Å²) in [6, 6.07) is 13.1. The molecule has 3 aromatic rings. The van der Waals surface area contributed by atoms with Crippen molar-refractivity contribution in [3.05, 3.63) is 70.5 Å². The van der Waals surface area contributed by atoms with Gasteiger partial charge in [0.1, 0.15) is 6.04 Å². The molecule has 0 saturated heterocycles. The van der Waals surface area contributed by atoms with E-state index >= 15 is 0 Å². The molecule has 8 heteroatoms. The second kappa shape index (κ2) is 5.78. The summed E-state index contributed by atoms with van der Waals surface area (Å²) in [4.78, 5) is 27.6. The molecule has 1 aliphatic heterocycles. The summed E-state index contributed by atoms with van der Waals surface area (Å²) in [5, 5.41) is 12.8. The summed E-state index contributed by atoms with van der Waals surface area (Å²) >= 11 is 5.97. The molecule has 1 atom stereocenters. The Labute approximate surface area is 147 Å². The van der Waals surface area contributed by atoms with Crippen LogP contribution in [0.3, 0.4) is 0 Å². The molecule has 2 heterocycles. The Morgan fingerprint density at radius 3 is 2.32 bits per heavy atom. The van der Waals surface area contributed by atoms with Crippen molar-refractivity contribution in [2.45, 2.75) is 13.0 Å². The van der Waals surface area contributed by atoms with Crippen LogP contribution in [0.4, 0.5) is 0 Å². The molecule has 124 valence electrons. The maximum atomic E-state index is 12.5. The smallest absolute Gasteiger partial charge is 0.262 e. The number of halogens is 1. The van der Waals surface area contributed by atoms with Crippen LogP contribution in [-0.2, 0) is 0 Å². The molecule has 7 nitrogen and oxygen atoms in total. The lowest BCUT2D eigenvalue weighted by molar-refractivity contribution is 0.0588. The van der Waals surface area contributed by atoms with Gasteiger partial charge in [-0.1, -0.05) is 29.8 Å². The van der Waals surface area contributed by atoms with Crippen molar-refractivity contribution >= 4 is 23.4 Å². The van der Waals surface area contributed by atoms with E-state index in [1.807, 2.05) is 0 Å². The highest BCUT2D eigenvalue weighted by Crippen LogP contribution is 2.29. The average Bonchev–Trinajstić information content (AvgIpc) is 3.20. The van der Waals surface area contributed by atoms with E-state index in [-0.39, 0.29) is 17.6 Å². The Morgan fingerprint density at radius 2 is 1.68 bits per heavy atom. The molecular formula is C17H12ClN5O2. The molecule has 2 aromatic carbocycles. The minimum atomic E-state index is -0.639. The molecule has 0 N–H and O–H groups in total. The summed E-state index contributed by atoms with van der Waals surface area (Å²) in [7, 11) is 0. The van der Waals surface area contributed by atoms with Gasteiger partial charge in [0, 0.05) is 5.02 Å². The van der Waals surface area contributed by atoms with Crippen LogP contribution in [0.15, 0.2) is 48.5 Å². The van der Waals surface area contributed by atoms with Crippen LogP contribution in [0.2, 0.25) is 5.02 Å². The lowest BCUT2D eigenvalue weighted by Crippen LogP contribution is -2.33. The minimum Gasteiger partial charge on any atom is -0.269 e. The zero-order chi connectivity index (χ0) is 17.6. The number of carbonyl (C=O) groups excluding carboxylic acids is 2. The van der Waals surface area contributed by atoms with Crippen molar-refractivity contribution in [2.24, 2.45) is 0 Å². The van der Waals surface area contributed by atoms with Gasteiger partial charge >= 0.3 is 0 Å². The van der Waals surface area contributed by atoms with E-state index in [1.165, 1.54) is 4.80 Å². The molecule has 0 radical (unpaired) electrons. The average molecular weight is 354 g/mol. The number of imide groups is 1. The largest absolute Gasteiger partial charge is 0.269 e. The second-order valence-electron chi connectivity index (χ2n) is 5.62. The number of rotatable bonds is 3. The first-order valence-electron chi connectivity index (χ1n) is 7.59. The van der Waals surface area contributed by atoms with Crippen LogP contribution < -0.4 is 0 Å². The van der Waals surface area contributed by atoms with Crippen molar-refractivity contribution in [3.63, 3.8) is 0 Å². The van der Waals surface area contributed by atoms with Crippen LogP contribution in [0.1, 0.15) is 39.5 Å². The van der Waals surface area contributed by atoms with Crippen molar-refractivity contribution in [2.75, 3.05) is 0 Å². The summed E-state index contributed by atoms with van der Waals surface area (Å²) in [6.07, 6.45) is 0. The zero-order valence-corrected chi connectivity index (χ0v) is 13.9. The second-order valence-corrected chi connectivity index (χ2v) is 6.06. The van der Waals surface area contributed by atoms with Crippen molar-refractivity contribution < 1.29 is 9.59 Å². The monoisotopic (exact) mass is 353 g/mol. The number of amides is 2. The standard InChI is InChI=1S/C17H12ClN5O2/c1-10(22-16(24)13-7-2-3-8-14(13)17(22)25)15-19-21-23(20-15)12-6-4-5-11(18)9-12/h2-10H,1H3. The Hall–Kier alpha value is -3.06. The summed E-state index contributed by atoms with van der Waals surface area (Å²) in [5.74, 6) is -0.436. The third-order valence-electron chi connectivity index (χ3n) is 4.05. The van der Waals surface area contributed by atoms with Gasteiger partial charge in [0.05, 0.1) is 16.8 Å². The number of carbonyl (C=O) groups is 2. The van der Waals surface area contributed by atoms with Crippen LogP contribution in [-0.4, -0.2) is 36.9 Å². The molecule has 0 bridgehead atoms. The quantitative estimate of drug-likeness (QED) is 0.676. The van der Waals surface area contributed by atoms with Crippen LogP contribution in [0.25, 0.3) is 5.69 Å². The normalized spacial score (nSPS) is 14.7. The van der Waals surface area contributed by atoms with Gasteiger partial charge in [0.2, 0.25) is 0 Å². The molecule has 1 unspecified atom stereocenters. The Kier molecular flexibility index (Phi) is 3.58. The first-order chi connectivity index (χ1) is 12.1. The predicted octanol–water partition coefficient (Wildman–Crippen LogP) is 2.67. The summed E-state index contributed by atoms with van der Waals surface area (Å²) in [6.45, 7) is 1.70. The highest BCUT2D eigenvalue weighted by molar-refractivity contribution is 6.30. The molecule has 1 aliphatic rings. The molecule has 4 rings (SSSR count). The Balaban J connectivity index is 1.66. The van der Waals surface area contributed by atoms with Gasteiger partial charge in [-0.15, -0.1) is 15.0 Å². The van der Waals surface area contributed by atoms with Gasteiger partial charge in [0.25, 0.3) is 11.8 Å². The third-order valence-corrected chi connectivity index (χ3v) is 4.29. The van der Waals surface area contributed by atoms with Crippen molar-refractivity contribution in [1.82, 2.24) is 25.1 Å². The Morgan fingerprint density at radius 1 is 1.00 bits per heavy atom. The molecule has 0 spiro atoms. The van der Waals surface area contributed by atoms with Gasteiger partial charge in [0.15, 0.2) is 5.82 Å². The summed E-state index contributed by atoms with van der Waals surface area (Å²) in [5.41, 5.74) is 1.42. The van der Waals surface area contributed by atoms with E-state index in [1.54, 1.807) is 55.5 Å². The first kappa shape index (κ1) is 15.5. The van der Waals surface area contributed by atoms with Crippen LogP contribution >= 0.6 is 11.6 Å². The molecular weight excluding hydrogens is 342 g/mol. The highest BCUT2D eigenvalue weighted by Gasteiger charge is 2.40. The summed E-state index contributed by atoms with van der Waals surface area (Å²) < 4.78 is 0. The van der Waals surface area contributed by atoms with E-state index in [0.29, 0.717) is 21.8 Å². The van der Waals surface area contributed by atoms with E-state index < -0.39 is 6.04 Å². The van der Waals surface area contributed by atoms with Gasteiger partial charge < -0.3 is 0 Å². The molecule has 2 amide bonds. The number of hydrogen-bond donors (Lipinski definition) is 0. The van der Waals surface area contributed by atoms with E-state index in [9.17, 15) is 9.59 Å². The molecule has 25 heavy (non-hydrogen) atoms. The fourth-order valence-corrected chi connectivity index (χ4v) is 2.96. The van der Waals surface area contributed by atoms with Gasteiger partial charge in [-0.25, -0.2) is 0 Å². The lowest BCUT2D eigenvalue weighted by Gasteiger charge is -2.19. The zero-order valence-electron chi connectivity index (χ0n) is 13.1. The topological polar surface area (TPSA) is 81.0 Å². The number of fused-ring (bicyclic) bond motifs is 1. The fraction of sp³-hybridized carbons (Fsp3) is 0.118. The SMILES string of the molecule is CC(c1nnn(-c2cccc(Cl)c2)n1)N1C(=O)c2ccccc2C1=O. The number of aromatic nitrogens is 4. The fourth-order valence-electron chi connectivity index (χ4n) is 2.78. The Bertz CT molecular complexity index is 965. The third kappa shape index (κ3) is 2.49. The van der Waals surface area contributed by atoms with Gasteiger partial charge in [-0.3, -0.25) is 14.5 Å². The number of benzene rings is 2. The molecule has 1 aromatic heterocycles. The molecule has 0 aliphatic carbocycles. The first-order valence-corrected chi connectivity index (χ1v) is 7.97. The maximum Gasteiger partial charge on any atom is 0.262 e. The van der Waals surface area contributed by atoms with E-state index in [4.69, 9.17) is 11.6 Å². The molecule has 0 saturated carbocycles. The number of hydrogen-bond acceptors (Lipinski definition) is 5. The van der Waals surface area contributed by atoms with E-state index in [0.717, 1.165) is 4.90 Å². The number of tetrazole rings is 1. The highest BCUT2D eigenvalue weighted by atomic mass is 35.5. The molecule has 0 fully saturated rings. The lowest BCUT2D eigenvalue weighted by atomic mass is 10.1. The van der Waals surface area contributed by atoms with Gasteiger partial charge in [-0.05, 0) is 42.5 Å². The van der Waals surface area contributed by atoms with E-state index in [2.05, 4.69) is 15.4 Å². The van der Waals surface area contributed by atoms with Crippen LogP contribution in [0.5, 0.6) is 0 Å². The maximum absolute atomic E-state index is 12.5. The minimum absolute atomic E-state index is 0.273.